The zero-order chi connectivity index (χ0) is 17.1. The Morgan fingerprint density at radius 3 is 2.38 bits per heavy atom. The van der Waals surface area contributed by atoms with Crippen LogP contribution in [0.2, 0.25) is 0 Å². The predicted molar refractivity (Wildman–Crippen MR) is 98.6 cm³/mol. The number of anilines is 1. The maximum atomic E-state index is 12.5. The highest BCUT2D eigenvalue weighted by Crippen LogP contribution is 2.23. The van der Waals surface area contributed by atoms with E-state index < -0.39 is 6.10 Å². The molecule has 3 rings (SSSR count). The second-order valence-corrected chi connectivity index (χ2v) is 6.10. The first-order chi connectivity index (χ1) is 11.5. The summed E-state index contributed by atoms with van der Waals surface area (Å²) in [6.07, 6.45) is -0.579. The summed E-state index contributed by atoms with van der Waals surface area (Å²) in [6.45, 7) is 5.79. The van der Waals surface area contributed by atoms with E-state index in [-0.39, 0.29) is 5.91 Å². The van der Waals surface area contributed by atoms with Gasteiger partial charge in [0.1, 0.15) is 5.75 Å². The van der Waals surface area contributed by atoms with Gasteiger partial charge in [-0.3, -0.25) is 4.79 Å². The van der Waals surface area contributed by atoms with Crippen molar-refractivity contribution in [3.8, 4) is 5.75 Å². The van der Waals surface area contributed by atoms with Crippen LogP contribution in [-0.4, -0.2) is 12.0 Å². The Morgan fingerprint density at radius 1 is 0.958 bits per heavy atom. The molecule has 0 fully saturated rings. The van der Waals surface area contributed by atoms with Crippen LogP contribution >= 0.6 is 0 Å². The minimum absolute atomic E-state index is 0.162. The van der Waals surface area contributed by atoms with E-state index in [1.54, 1.807) is 6.92 Å². The van der Waals surface area contributed by atoms with Crippen LogP contribution in [0.4, 0.5) is 5.69 Å². The maximum absolute atomic E-state index is 12.5. The molecule has 0 saturated heterocycles. The molecule has 0 aliphatic rings. The Kier molecular flexibility index (Phi) is 4.52. The van der Waals surface area contributed by atoms with E-state index in [0.717, 1.165) is 27.6 Å². The molecular weight excluding hydrogens is 298 g/mol. The number of benzene rings is 3. The third-order valence-electron chi connectivity index (χ3n) is 3.92. The van der Waals surface area contributed by atoms with E-state index in [0.29, 0.717) is 5.75 Å². The molecule has 0 aromatic heterocycles. The summed E-state index contributed by atoms with van der Waals surface area (Å²) in [5.74, 6) is 0.554. The summed E-state index contributed by atoms with van der Waals surface area (Å²) >= 11 is 0. The third kappa shape index (κ3) is 3.57. The van der Waals surface area contributed by atoms with Crippen LogP contribution < -0.4 is 10.1 Å². The predicted octanol–water partition coefficient (Wildman–Crippen LogP) is 4.86. The number of rotatable bonds is 4. The fourth-order valence-corrected chi connectivity index (χ4v) is 2.83. The van der Waals surface area contributed by atoms with Crippen LogP contribution in [-0.2, 0) is 4.79 Å². The molecule has 0 bridgehead atoms. The van der Waals surface area contributed by atoms with Crippen molar-refractivity contribution in [2.24, 2.45) is 0 Å². The number of hydrogen-bond acceptors (Lipinski definition) is 2. The van der Waals surface area contributed by atoms with Gasteiger partial charge < -0.3 is 10.1 Å². The first-order valence-electron chi connectivity index (χ1n) is 8.06. The van der Waals surface area contributed by atoms with Crippen molar-refractivity contribution in [3.63, 3.8) is 0 Å². The second-order valence-electron chi connectivity index (χ2n) is 6.10. The summed E-state index contributed by atoms with van der Waals surface area (Å²) in [5, 5.41) is 5.09. The van der Waals surface area contributed by atoms with Crippen molar-refractivity contribution < 1.29 is 9.53 Å². The molecular formula is C21H21NO2. The molecule has 3 aromatic carbocycles. The fraction of sp³-hybridized carbons (Fsp3) is 0.190. The van der Waals surface area contributed by atoms with Crippen LogP contribution in [0.15, 0.2) is 60.7 Å². The quantitative estimate of drug-likeness (QED) is 0.745. The monoisotopic (exact) mass is 319 g/mol. The van der Waals surface area contributed by atoms with Gasteiger partial charge in [-0.15, -0.1) is 0 Å². The normalized spacial score (nSPS) is 12.0. The van der Waals surface area contributed by atoms with Gasteiger partial charge in [-0.05, 0) is 55.5 Å². The topological polar surface area (TPSA) is 38.3 Å². The van der Waals surface area contributed by atoms with Crippen molar-refractivity contribution in [2.45, 2.75) is 26.9 Å². The molecule has 122 valence electrons. The molecule has 0 aliphatic heterocycles. The maximum Gasteiger partial charge on any atom is 0.265 e. The summed E-state index contributed by atoms with van der Waals surface area (Å²) < 4.78 is 5.81. The lowest BCUT2D eigenvalue weighted by Gasteiger charge is -2.16. The molecule has 1 N–H and O–H groups in total. The van der Waals surface area contributed by atoms with Gasteiger partial charge in [-0.25, -0.2) is 0 Å². The summed E-state index contributed by atoms with van der Waals surface area (Å²) in [7, 11) is 0. The van der Waals surface area contributed by atoms with Gasteiger partial charge in [-0.1, -0.05) is 42.5 Å². The number of nitrogens with one attached hydrogen (secondary N) is 1. The average Bonchev–Trinajstić information content (AvgIpc) is 2.54. The number of ether oxygens (including phenoxy) is 1. The second kappa shape index (κ2) is 6.75. The first-order valence-corrected chi connectivity index (χ1v) is 8.06. The van der Waals surface area contributed by atoms with Crippen LogP contribution in [0.25, 0.3) is 10.8 Å². The third-order valence-corrected chi connectivity index (χ3v) is 3.92. The van der Waals surface area contributed by atoms with Gasteiger partial charge in [0, 0.05) is 11.1 Å². The Balaban J connectivity index is 1.76. The number of amides is 1. The van der Waals surface area contributed by atoms with Gasteiger partial charge in [-0.2, -0.15) is 0 Å². The highest BCUT2D eigenvalue weighted by molar-refractivity contribution is 6.03. The molecule has 3 heteroatoms. The minimum atomic E-state index is -0.579. The lowest BCUT2D eigenvalue weighted by Crippen LogP contribution is -2.30. The Morgan fingerprint density at radius 2 is 1.62 bits per heavy atom. The van der Waals surface area contributed by atoms with Gasteiger partial charge in [0.25, 0.3) is 5.91 Å². The Hall–Kier alpha value is -2.81. The van der Waals surface area contributed by atoms with Crippen molar-refractivity contribution in [2.75, 3.05) is 5.32 Å². The van der Waals surface area contributed by atoms with Gasteiger partial charge in [0.15, 0.2) is 6.10 Å². The molecule has 0 saturated carbocycles. The minimum Gasteiger partial charge on any atom is -0.481 e. The molecule has 24 heavy (non-hydrogen) atoms. The van der Waals surface area contributed by atoms with Crippen LogP contribution in [0.3, 0.4) is 0 Å². The van der Waals surface area contributed by atoms with Crippen LogP contribution in [0, 0.1) is 13.8 Å². The number of aryl methyl sites for hydroxylation is 2. The SMILES string of the molecule is Cc1cc(C)cc(O[C@@H](C)C(=O)Nc2cccc3ccccc23)c1. The first kappa shape index (κ1) is 16.1. The van der Waals surface area contributed by atoms with E-state index in [9.17, 15) is 4.79 Å². The zero-order valence-corrected chi connectivity index (χ0v) is 14.2. The van der Waals surface area contributed by atoms with Crippen molar-refractivity contribution in [3.05, 3.63) is 71.8 Å². The summed E-state index contributed by atoms with van der Waals surface area (Å²) in [4.78, 5) is 12.5. The van der Waals surface area contributed by atoms with Gasteiger partial charge in [0.2, 0.25) is 0 Å². The summed E-state index contributed by atoms with van der Waals surface area (Å²) in [5.41, 5.74) is 3.03. The molecule has 0 spiro atoms. The van der Waals surface area contributed by atoms with Crippen LogP contribution in [0.5, 0.6) is 5.75 Å². The van der Waals surface area contributed by atoms with E-state index in [2.05, 4.69) is 11.4 Å². The average molecular weight is 319 g/mol. The Bertz CT molecular complexity index is 860. The highest BCUT2D eigenvalue weighted by atomic mass is 16.5. The van der Waals surface area contributed by atoms with Crippen molar-refractivity contribution in [1.82, 2.24) is 0 Å². The molecule has 1 amide bonds. The van der Waals surface area contributed by atoms with Crippen molar-refractivity contribution >= 4 is 22.4 Å². The van der Waals surface area contributed by atoms with E-state index in [1.807, 2.05) is 68.4 Å². The fourth-order valence-electron chi connectivity index (χ4n) is 2.83. The molecule has 0 unspecified atom stereocenters. The molecule has 0 radical (unpaired) electrons. The zero-order valence-electron chi connectivity index (χ0n) is 14.2. The number of fused-ring (bicyclic) bond motifs is 1. The van der Waals surface area contributed by atoms with E-state index in [1.165, 1.54) is 0 Å². The lowest BCUT2D eigenvalue weighted by atomic mass is 10.1. The van der Waals surface area contributed by atoms with Crippen LogP contribution in [0.1, 0.15) is 18.1 Å². The Labute approximate surface area is 142 Å². The lowest BCUT2D eigenvalue weighted by molar-refractivity contribution is -0.122. The highest BCUT2D eigenvalue weighted by Gasteiger charge is 2.16. The summed E-state index contributed by atoms with van der Waals surface area (Å²) in [6, 6.07) is 19.8. The van der Waals surface area contributed by atoms with E-state index in [4.69, 9.17) is 4.74 Å². The molecule has 0 aliphatic carbocycles. The molecule has 1 atom stereocenters. The molecule has 3 nitrogen and oxygen atoms in total. The largest absolute Gasteiger partial charge is 0.481 e. The number of carbonyl (C=O) groups is 1. The van der Waals surface area contributed by atoms with Gasteiger partial charge in [0.05, 0.1) is 0 Å². The standard InChI is InChI=1S/C21H21NO2/c1-14-11-15(2)13-18(12-14)24-16(3)21(23)22-20-10-6-8-17-7-4-5-9-19(17)20/h4-13,16H,1-3H3,(H,22,23)/t16-/m0/s1. The number of carbonyl (C=O) groups excluding carboxylic acids is 1. The smallest absolute Gasteiger partial charge is 0.265 e. The van der Waals surface area contributed by atoms with Crippen molar-refractivity contribution in [1.29, 1.82) is 0 Å². The molecule has 0 heterocycles. The molecule has 3 aromatic rings. The number of hydrogen-bond donors (Lipinski definition) is 1. The van der Waals surface area contributed by atoms with Gasteiger partial charge >= 0.3 is 0 Å². The van der Waals surface area contributed by atoms with E-state index >= 15 is 0 Å².